The van der Waals surface area contributed by atoms with Gasteiger partial charge >= 0.3 is 18.2 Å². The molecule has 16 heteroatoms. The Morgan fingerprint density at radius 1 is 1.06 bits per heavy atom. The zero-order chi connectivity index (χ0) is 38.6. The van der Waals surface area contributed by atoms with Crippen molar-refractivity contribution in [1.82, 2.24) is 29.7 Å². The normalized spacial score (nSPS) is 17.4. The first-order valence-electron chi connectivity index (χ1n) is 18.2. The minimum Gasteiger partial charge on any atom is -0.462 e. The second kappa shape index (κ2) is 16.6. The van der Waals surface area contributed by atoms with Gasteiger partial charge in [0.15, 0.2) is 5.69 Å². The Kier molecular flexibility index (Phi) is 12.1. The van der Waals surface area contributed by atoms with Gasteiger partial charge in [-0.2, -0.15) is 13.2 Å². The van der Waals surface area contributed by atoms with Crippen LogP contribution in [0.1, 0.15) is 62.6 Å². The maximum atomic E-state index is 14.1. The second-order valence-electron chi connectivity index (χ2n) is 14.5. The lowest BCUT2D eigenvalue weighted by Gasteiger charge is -2.41. The van der Waals surface area contributed by atoms with E-state index in [2.05, 4.69) is 44.2 Å². The lowest BCUT2D eigenvalue weighted by Crippen LogP contribution is -2.48. The molecule has 54 heavy (non-hydrogen) atoms. The molecule has 0 saturated carbocycles. The van der Waals surface area contributed by atoms with Crippen molar-refractivity contribution in [1.29, 1.82) is 0 Å². The van der Waals surface area contributed by atoms with Gasteiger partial charge in [-0.3, -0.25) is 15.0 Å². The van der Waals surface area contributed by atoms with Crippen LogP contribution >= 0.6 is 11.3 Å². The number of pyridine rings is 2. The molecule has 1 unspecified atom stereocenters. The van der Waals surface area contributed by atoms with Gasteiger partial charge in [0.25, 0.3) is 0 Å². The summed E-state index contributed by atoms with van der Waals surface area (Å²) in [7, 11) is 0. The number of alkyl halides is 3. The van der Waals surface area contributed by atoms with E-state index < -0.39 is 29.3 Å². The number of esters is 1. The number of urea groups is 1. The number of carbonyl (C=O) groups is 2. The Balaban J connectivity index is 1.40. The van der Waals surface area contributed by atoms with E-state index >= 15 is 0 Å². The van der Waals surface area contributed by atoms with E-state index in [-0.39, 0.29) is 45.4 Å². The average Bonchev–Trinajstić information content (AvgIpc) is 3.64. The van der Waals surface area contributed by atoms with Crippen molar-refractivity contribution in [2.45, 2.75) is 52.8 Å². The zero-order valence-electron chi connectivity index (χ0n) is 30.9. The lowest BCUT2D eigenvalue weighted by atomic mass is 9.90. The molecule has 1 atom stereocenters. The van der Waals surface area contributed by atoms with E-state index in [1.54, 1.807) is 38.2 Å². The smallest absolute Gasteiger partial charge is 0.434 e. The van der Waals surface area contributed by atoms with Crippen LogP contribution in [0.15, 0.2) is 46.8 Å². The molecule has 0 bridgehead atoms. The van der Waals surface area contributed by atoms with Gasteiger partial charge in [-0.1, -0.05) is 19.9 Å². The summed E-state index contributed by atoms with van der Waals surface area (Å²) in [5.41, 5.74) is 0.118. The van der Waals surface area contributed by atoms with Gasteiger partial charge in [-0.15, -0.1) is 11.3 Å². The van der Waals surface area contributed by atoms with Crippen LogP contribution in [0.2, 0.25) is 0 Å². The molecule has 0 radical (unpaired) electrons. The third-order valence-corrected chi connectivity index (χ3v) is 10.5. The summed E-state index contributed by atoms with van der Waals surface area (Å²) in [6.07, 6.45) is 0.144. The van der Waals surface area contributed by atoms with E-state index in [1.807, 2.05) is 4.57 Å². The molecule has 0 aliphatic carbocycles. The first-order chi connectivity index (χ1) is 25.8. The zero-order valence-corrected chi connectivity index (χ0v) is 31.7. The molecule has 2 aliphatic rings. The fourth-order valence-electron chi connectivity index (χ4n) is 7.38. The first kappa shape index (κ1) is 39.3. The van der Waals surface area contributed by atoms with Crippen molar-refractivity contribution in [3.63, 3.8) is 0 Å². The highest BCUT2D eigenvalue weighted by Gasteiger charge is 2.34. The molecule has 4 aromatic rings. The maximum absolute atomic E-state index is 14.1. The summed E-state index contributed by atoms with van der Waals surface area (Å²) >= 11 is 0.802. The molecule has 0 spiro atoms. The van der Waals surface area contributed by atoms with E-state index in [9.17, 15) is 27.6 Å². The molecular weight excluding hydrogens is 724 g/mol. The third-order valence-electron chi connectivity index (χ3n) is 9.63. The number of rotatable bonds is 11. The standard InChI is InChI=1S/C38H46F3N7O5S/c1-5-42-36(51)45-32-17-26(34-44-31(21-54-34)38(39,40)41)28(18-43-32)24-9-10-30-27(16-24)33(49)29(35(50)53-6-2)20-48(30)25-8-7-11-47(19-25)23-37(3,4)22-46-12-14-52-15-13-46/h9-10,16-18,20-21,25H,5-8,11-15,19,22-23H2,1-4H3,(H2,42,43,45,51). The van der Waals surface area contributed by atoms with Crippen molar-refractivity contribution < 1.29 is 32.2 Å². The van der Waals surface area contributed by atoms with Gasteiger partial charge < -0.3 is 24.3 Å². The average molecular weight is 770 g/mol. The highest BCUT2D eigenvalue weighted by molar-refractivity contribution is 7.13. The molecule has 2 amide bonds. The number of anilines is 1. The number of carbonyl (C=O) groups excluding carboxylic acids is 2. The minimum atomic E-state index is -4.66. The number of piperidine rings is 1. The number of morpholine rings is 1. The van der Waals surface area contributed by atoms with E-state index in [1.165, 1.54) is 12.3 Å². The van der Waals surface area contributed by atoms with Gasteiger partial charge in [0.05, 0.1) is 25.3 Å². The summed E-state index contributed by atoms with van der Waals surface area (Å²) in [4.78, 5) is 52.7. The number of amides is 2. The Hall–Kier alpha value is -4.38. The number of nitrogens with zero attached hydrogens (tertiary/aromatic N) is 5. The summed E-state index contributed by atoms with van der Waals surface area (Å²) in [6.45, 7) is 15.2. The SMILES string of the molecule is CCNC(=O)Nc1cc(-c2nc(C(F)(F)F)cs2)c(-c2ccc3c(c2)c(=O)c(C(=O)OCC)cn3C2CCCN(CC(C)(C)CN3CCOCC3)C2)cn1. The Morgan fingerprint density at radius 3 is 2.52 bits per heavy atom. The quantitative estimate of drug-likeness (QED) is 0.164. The number of thiazole rings is 1. The number of hydrogen-bond acceptors (Lipinski definition) is 10. The van der Waals surface area contributed by atoms with Crippen molar-refractivity contribution in [2.24, 2.45) is 5.41 Å². The summed E-state index contributed by atoms with van der Waals surface area (Å²) < 4.78 is 53.7. The molecule has 6 rings (SSSR count). The van der Waals surface area contributed by atoms with Gasteiger partial charge in [0.2, 0.25) is 5.43 Å². The Labute approximate surface area is 315 Å². The molecule has 2 aliphatic heterocycles. The van der Waals surface area contributed by atoms with Crippen LogP contribution in [-0.4, -0.2) is 102 Å². The predicted octanol–water partition coefficient (Wildman–Crippen LogP) is 6.52. The monoisotopic (exact) mass is 769 g/mol. The van der Waals surface area contributed by atoms with E-state index in [0.29, 0.717) is 29.7 Å². The van der Waals surface area contributed by atoms with E-state index in [4.69, 9.17) is 9.47 Å². The Bertz CT molecular complexity index is 2040. The minimum absolute atomic E-state index is 0.0186. The topological polar surface area (TPSA) is 131 Å². The predicted molar refractivity (Wildman–Crippen MR) is 202 cm³/mol. The van der Waals surface area contributed by atoms with Crippen LogP contribution in [0.4, 0.5) is 23.8 Å². The van der Waals surface area contributed by atoms with Crippen LogP contribution < -0.4 is 16.1 Å². The maximum Gasteiger partial charge on any atom is 0.434 e. The van der Waals surface area contributed by atoms with Crippen LogP contribution in [0.3, 0.4) is 0 Å². The number of nitrogens with one attached hydrogen (secondary N) is 2. The molecule has 3 aromatic heterocycles. The summed E-state index contributed by atoms with van der Waals surface area (Å²) in [5.74, 6) is -0.625. The summed E-state index contributed by atoms with van der Waals surface area (Å²) in [5, 5.41) is 6.44. The number of ether oxygens (including phenoxy) is 2. The molecule has 2 N–H and O–H groups in total. The van der Waals surface area contributed by atoms with Gasteiger partial charge in [0, 0.05) is 79.6 Å². The Morgan fingerprint density at radius 2 is 1.81 bits per heavy atom. The number of halogens is 3. The van der Waals surface area contributed by atoms with Gasteiger partial charge in [-0.05, 0) is 62.4 Å². The van der Waals surface area contributed by atoms with Gasteiger partial charge in [-0.25, -0.2) is 19.6 Å². The molecule has 5 heterocycles. The van der Waals surface area contributed by atoms with Crippen molar-refractivity contribution in [2.75, 3.05) is 71.0 Å². The van der Waals surface area contributed by atoms with Crippen LogP contribution in [0, 0.1) is 5.41 Å². The largest absolute Gasteiger partial charge is 0.462 e. The highest BCUT2D eigenvalue weighted by atomic mass is 32.1. The highest BCUT2D eigenvalue weighted by Crippen LogP contribution is 2.39. The number of likely N-dealkylation sites (tertiary alicyclic amines) is 1. The second-order valence-corrected chi connectivity index (χ2v) is 15.3. The fraction of sp³-hybridized carbons (Fsp3) is 0.500. The fourth-order valence-corrected chi connectivity index (χ4v) is 8.24. The number of hydrogen-bond donors (Lipinski definition) is 2. The molecule has 2 saturated heterocycles. The van der Waals surface area contributed by atoms with Crippen molar-refractivity contribution in [3.8, 4) is 21.7 Å². The lowest BCUT2D eigenvalue weighted by molar-refractivity contribution is -0.140. The molecule has 290 valence electrons. The van der Waals surface area contributed by atoms with Crippen LogP contribution in [0.5, 0.6) is 0 Å². The molecular formula is C38H46F3N7O5S. The van der Waals surface area contributed by atoms with Crippen molar-refractivity contribution in [3.05, 3.63) is 63.5 Å². The van der Waals surface area contributed by atoms with Crippen molar-refractivity contribution >= 4 is 40.1 Å². The molecule has 1 aromatic carbocycles. The molecule has 12 nitrogen and oxygen atoms in total. The van der Waals surface area contributed by atoms with Crippen LogP contribution in [0.25, 0.3) is 32.6 Å². The number of fused-ring (bicyclic) bond motifs is 1. The summed E-state index contributed by atoms with van der Waals surface area (Å²) in [6, 6.07) is 6.10. The third kappa shape index (κ3) is 9.10. The number of benzene rings is 1. The van der Waals surface area contributed by atoms with Crippen LogP contribution in [-0.2, 0) is 15.7 Å². The van der Waals surface area contributed by atoms with E-state index in [0.717, 1.165) is 75.5 Å². The first-order valence-corrected chi connectivity index (χ1v) is 19.1. The van der Waals surface area contributed by atoms with Gasteiger partial charge in [0.1, 0.15) is 16.4 Å². The number of aromatic nitrogens is 3. The molecule has 2 fully saturated rings.